The average Bonchev–Trinajstić information content (AvgIpc) is 2.80. The molecule has 0 spiro atoms. The largest absolute Gasteiger partial charge is 0.481 e. The Labute approximate surface area is 108 Å². The number of hydrogen-bond acceptors (Lipinski definition) is 3. The zero-order valence-electron chi connectivity index (χ0n) is 10.4. The van der Waals surface area contributed by atoms with Gasteiger partial charge in [0.25, 0.3) is 0 Å². The van der Waals surface area contributed by atoms with E-state index in [2.05, 4.69) is 16.7 Å². The Kier molecular flexibility index (Phi) is 5.16. The van der Waals surface area contributed by atoms with Crippen LogP contribution in [0.3, 0.4) is 0 Å². The number of carboxylic acid groups (broad SMARTS) is 1. The highest BCUT2D eigenvalue weighted by Crippen LogP contribution is 2.35. The lowest BCUT2D eigenvalue weighted by Gasteiger charge is -2.33. The Morgan fingerprint density at radius 3 is 2.59 bits per heavy atom. The Hall–Kier alpha value is -0.220. The summed E-state index contributed by atoms with van der Waals surface area (Å²) >= 11 is 2.18. The highest BCUT2D eigenvalue weighted by atomic mass is 32.2. The maximum absolute atomic E-state index is 10.6. The van der Waals surface area contributed by atoms with Crippen LogP contribution in [0.15, 0.2) is 0 Å². The summed E-state index contributed by atoms with van der Waals surface area (Å²) in [7, 11) is 0. The SMILES string of the molecule is O=C(O)CCN1CCCC(SC2CCCC2)C1. The molecule has 1 aliphatic carbocycles. The van der Waals surface area contributed by atoms with Crippen molar-refractivity contribution in [2.45, 2.75) is 55.4 Å². The first-order valence-corrected chi connectivity index (χ1v) is 7.78. The zero-order chi connectivity index (χ0) is 12.1. The molecule has 2 rings (SSSR count). The van der Waals surface area contributed by atoms with E-state index in [4.69, 9.17) is 5.11 Å². The molecule has 0 amide bonds. The molecule has 98 valence electrons. The summed E-state index contributed by atoms with van der Waals surface area (Å²) in [5, 5.41) is 10.3. The van der Waals surface area contributed by atoms with Gasteiger partial charge in [0, 0.05) is 23.6 Å². The molecule has 0 radical (unpaired) electrons. The van der Waals surface area contributed by atoms with Crippen LogP contribution < -0.4 is 0 Å². The molecule has 1 heterocycles. The van der Waals surface area contributed by atoms with Crippen LogP contribution in [0, 0.1) is 0 Å². The van der Waals surface area contributed by atoms with Crippen molar-refractivity contribution in [2.24, 2.45) is 0 Å². The number of nitrogens with zero attached hydrogens (tertiary/aromatic N) is 1. The van der Waals surface area contributed by atoms with Crippen LogP contribution in [0.4, 0.5) is 0 Å². The van der Waals surface area contributed by atoms with Gasteiger partial charge in [0.2, 0.25) is 0 Å². The first-order valence-electron chi connectivity index (χ1n) is 6.83. The lowest BCUT2D eigenvalue weighted by atomic mass is 10.1. The minimum absolute atomic E-state index is 0.292. The summed E-state index contributed by atoms with van der Waals surface area (Å²) in [6, 6.07) is 0. The molecule has 1 atom stereocenters. The van der Waals surface area contributed by atoms with E-state index in [-0.39, 0.29) is 0 Å². The molecule has 3 nitrogen and oxygen atoms in total. The van der Waals surface area contributed by atoms with E-state index >= 15 is 0 Å². The van der Waals surface area contributed by atoms with Gasteiger partial charge < -0.3 is 10.0 Å². The Bertz CT molecular complexity index is 254. The molecule has 0 aromatic heterocycles. The number of aliphatic carboxylic acids is 1. The summed E-state index contributed by atoms with van der Waals surface area (Å²) in [6.07, 6.45) is 8.47. The normalized spacial score (nSPS) is 27.4. The standard InChI is InChI=1S/C13H23NO2S/c15-13(16)7-9-14-8-3-6-12(10-14)17-11-4-1-2-5-11/h11-12H,1-10H2,(H,15,16). The van der Waals surface area contributed by atoms with Crippen molar-refractivity contribution in [1.29, 1.82) is 0 Å². The fraction of sp³-hybridized carbons (Fsp3) is 0.923. The highest BCUT2D eigenvalue weighted by molar-refractivity contribution is 8.00. The average molecular weight is 257 g/mol. The maximum atomic E-state index is 10.6. The number of thioether (sulfide) groups is 1. The monoisotopic (exact) mass is 257 g/mol. The molecule has 1 N–H and O–H groups in total. The molecule has 0 bridgehead atoms. The van der Waals surface area contributed by atoms with Crippen molar-refractivity contribution in [3.8, 4) is 0 Å². The van der Waals surface area contributed by atoms with Crippen LogP contribution in [0.2, 0.25) is 0 Å². The van der Waals surface area contributed by atoms with Gasteiger partial charge >= 0.3 is 5.97 Å². The first-order chi connectivity index (χ1) is 8.24. The predicted octanol–water partition coefficient (Wildman–Crippen LogP) is 2.60. The second kappa shape index (κ2) is 6.64. The Morgan fingerprint density at radius 1 is 1.18 bits per heavy atom. The van der Waals surface area contributed by atoms with Crippen LogP contribution >= 0.6 is 11.8 Å². The van der Waals surface area contributed by atoms with E-state index in [9.17, 15) is 4.79 Å². The predicted molar refractivity (Wildman–Crippen MR) is 71.6 cm³/mol. The second-order valence-corrected chi connectivity index (χ2v) is 6.86. The van der Waals surface area contributed by atoms with Crippen LogP contribution in [0.1, 0.15) is 44.9 Å². The summed E-state index contributed by atoms with van der Waals surface area (Å²) in [6.45, 7) is 2.93. The van der Waals surface area contributed by atoms with E-state index in [1.807, 2.05) is 0 Å². The maximum Gasteiger partial charge on any atom is 0.304 e. The van der Waals surface area contributed by atoms with Gasteiger partial charge in [-0.05, 0) is 32.2 Å². The van der Waals surface area contributed by atoms with Crippen molar-refractivity contribution < 1.29 is 9.90 Å². The quantitative estimate of drug-likeness (QED) is 0.822. The van der Waals surface area contributed by atoms with Gasteiger partial charge in [0.15, 0.2) is 0 Å². The van der Waals surface area contributed by atoms with E-state index in [0.717, 1.165) is 30.1 Å². The molecular formula is C13H23NO2S. The third kappa shape index (κ3) is 4.51. The highest BCUT2D eigenvalue weighted by Gasteiger charge is 2.25. The van der Waals surface area contributed by atoms with Gasteiger partial charge in [0.1, 0.15) is 0 Å². The fourth-order valence-corrected chi connectivity index (χ4v) is 4.63. The lowest BCUT2D eigenvalue weighted by molar-refractivity contribution is -0.137. The topological polar surface area (TPSA) is 40.5 Å². The molecular weight excluding hydrogens is 234 g/mol. The number of piperidine rings is 1. The zero-order valence-corrected chi connectivity index (χ0v) is 11.3. The lowest BCUT2D eigenvalue weighted by Crippen LogP contribution is -2.38. The molecule has 4 heteroatoms. The van der Waals surface area contributed by atoms with Crippen molar-refractivity contribution >= 4 is 17.7 Å². The number of likely N-dealkylation sites (tertiary alicyclic amines) is 1. The molecule has 2 aliphatic rings. The molecule has 17 heavy (non-hydrogen) atoms. The summed E-state index contributed by atoms with van der Waals surface area (Å²) < 4.78 is 0. The fourth-order valence-electron chi connectivity index (χ4n) is 2.88. The van der Waals surface area contributed by atoms with Crippen molar-refractivity contribution in [2.75, 3.05) is 19.6 Å². The first kappa shape index (κ1) is 13.2. The summed E-state index contributed by atoms with van der Waals surface area (Å²) in [5.41, 5.74) is 0. The van der Waals surface area contributed by atoms with Gasteiger partial charge in [-0.25, -0.2) is 0 Å². The third-order valence-electron chi connectivity index (χ3n) is 3.79. The van der Waals surface area contributed by atoms with Gasteiger partial charge in [-0.1, -0.05) is 12.8 Å². The summed E-state index contributed by atoms with van der Waals surface area (Å²) in [4.78, 5) is 12.9. The molecule has 2 fully saturated rings. The van der Waals surface area contributed by atoms with Crippen molar-refractivity contribution in [1.82, 2.24) is 4.90 Å². The van der Waals surface area contributed by atoms with Gasteiger partial charge in [-0.15, -0.1) is 0 Å². The van der Waals surface area contributed by atoms with Crippen LogP contribution in [-0.2, 0) is 4.79 Å². The second-order valence-electron chi connectivity index (χ2n) is 5.25. The van der Waals surface area contributed by atoms with Gasteiger partial charge in [0.05, 0.1) is 6.42 Å². The number of rotatable bonds is 5. The van der Waals surface area contributed by atoms with E-state index < -0.39 is 5.97 Å². The summed E-state index contributed by atoms with van der Waals surface area (Å²) in [5.74, 6) is -0.671. The van der Waals surface area contributed by atoms with Gasteiger partial charge in [-0.3, -0.25) is 4.79 Å². The Balaban J connectivity index is 1.70. The van der Waals surface area contributed by atoms with E-state index in [0.29, 0.717) is 6.42 Å². The molecule has 0 aromatic rings. The number of hydrogen-bond donors (Lipinski definition) is 1. The minimum atomic E-state index is -0.671. The molecule has 1 saturated carbocycles. The van der Waals surface area contributed by atoms with Crippen LogP contribution in [0.25, 0.3) is 0 Å². The molecule has 0 aromatic carbocycles. The third-order valence-corrected chi connectivity index (χ3v) is 5.42. The minimum Gasteiger partial charge on any atom is -0.481 e. The Morgan fingerprint density at radius 2 is 1.88 bits per heavy atom. The van der Waals surface area contributed by atoms with E-state index in [1.54, 1.807) is 0 Å². The van der Waals surface area contributed by atoms with Crippen molar-refractivity contribution in [3.05, 3.63) is 0 Å². The van der Waals surface area contributed by atoms with Gasteiger partial charge in [-0.2, -0.15) is 11.8 Å². The molecule has 1 saturated heterocycles. The van der Waals surface area contributed by atoms with Crippen molar-refractivity contribution in [3.63, 3.8) is 0 Å². The number of carboxylic acids is 1. The van der Waals surface area contributed by atoms with Crippen LogP contribution in [-0.4, -0.2) is 46.1 Å². The smallest absolute Gasteiger partial charge is 0.304 e. The molecule has 1 unspecified atom stereocenters. The van der Waals surface area contributed by atoms with E-state index in [1.165, 1.54) is 38.5 Å². The molecule has 1 aliphatic heterocycles. The number of carbonyl (C=O) groups is 1. The van der Waals surface area contributed by atoms with Crippen LogP contribution in [0.5, 0.6) is 0 Å².